The number of phenols is 1. The van der Waals surface area contributed by atoms with E-state index in [0.717, 1.165) is 12.1 Å². The van der Waals surface area contributed by atoms with Crippen LogP contribution in [0.3, 0.4) is 0 Å². The second-order valence-corrected chi connectivity index (χ2v) is 8.29. The molecule has 0 bridgehead atoms. The molecule has 0 radical (unpaired) electrons. The van der Waals surface area contributed by atoms with E-state index in [2.05, 4.69) is 5.92 Å². The van der Waals surface area contributed by atoms with Crippen molar-refractivity contribution in [3.63, 3.8) is 0 Å². The van der Waals surface area contributed by atoms with E-state index in [-0.39, 0.29) is 48.1 Å². The van der Waals surface area contributed by atoms with Crippen molar-refractivity contribution in [1.29, 1.82) is 0 Å². The zero-order valence-electron chi connectivity index (χ0n) is 15.1. The molecule has 1 amide bonds. The second kappa shape index (κ2) is 8.04. The van der Waals surface area contributed by atoms with Gasteiger partial charge in [0.1, 0.15) is 17.2 Å². The van der Waals surface area contributed by atoms with Crippen LogP contribution in [0.25, 0.3) is 0 Å². The van der Waals surface area contributed by atoms with Gasteiger partial charge in [0, 0.05) is 25.2 Å². The molecule has 9 nitrogen and oxygen atoms in total. The number of likely N-dealkylation sites (tertiary alicyclic amines) is 1. The molecule has 1 aliphatic heterocycles. The Hall–Kier alpha value is -2.48. The smallest absolute Gasteiger partial charge is 0.265 e. The van der Waals surface area contributed by atoms with Crippen molar-refractivity contribution < 1.29 is 33.0 Å². The summed E-state index contributed by atoms with van der Waals surface area (Å²) in [6, 6.07) is 2.24. The number of carbonyl (C=O) groups is 1. The Morgan fingerprint density at radius 2 is 1.81 bits per heavy atom. The summed E-state index contributed by atoms with van der Waals surface area (Å²) in [6.45, 7) is 0.821. The van der Waals surface area contributed by atoms with Crippen LogP contribution < -0.4 is 15.0 Å². The monoisotopic (exact) mass is 398 g/mol. The van der Waals surface area contributed by atoms with Gasteiger partial charge in [0.05, 0.1) is 20.8 Å². The Labute approximate surface area is 157 Å². The van der Waals surface area contributed by atoms with Crippen molar-refractivity contribution in [3.05, 3.63) is 12.1 Å². The van der Waals surface area contributed by atoms with Crippen molar-refractivity contribution in [3.8, 4) is 29.6 Å². The molecule has 0 aromatic heterocycles. The van der Waals surface area contributed by atoms with Crippen LogP contribution in [0.4, 0.5) is 0 Å². The van der Waals surface area contributed by atoms with Crippen LogP contribution in [0.2, 0.25) is 0 Å². The first-order valence-electron chi connectivity index (χ1n) is 8.07. The molecule has 1 heterocycles. The number of aromatic hydroxyl groups is 1. The normalized spacial score (nSPS) is 17.0. The molecule has 3 N–H and O–H groups in total. The van der Waals surface area contributed by atoms with Crippen LogP contribution in [0.15, 0.2) is 17.0 Å². The summed E-state index contributed by atoms with van der Waals surface area (Å²) in [7, 11) is -1.91. The van der Waals surface area contributed by atoms with E-state index in [1.165, 1.54) is 19.7 Å². The minimum absolute atomic E-state index is 0.0867. The predicted octanol–water partition coefficient (Wildman–Crippen LogP) is 0.156. The number of phenolic OH excluding ortho intramolecular Hbond substituents is 1. The number of hydrogen-bond acceptors (Lipinski definition) is 8. The lowest BCUT2D eigenvalue weighted by molar-refractivity contribution is -0.133. The van der Waals surface area contributed by atoms with E-state index < -0.39 is 20.5 Å². The number of hydrogen-bond donors (Lipinski definition) is 3. The lowest BCUT2D eigenvalue weighted by Crippen LogP contribution is -2.57. The second-order valence-electron chi connectivity index (χ2n) is 6.10. The van der Waals surface area contributed by atoms with Crippen molar-refractivity contribution in [2.75, 3.05) is 33.9 Å². The van der Waals surface area contributed by atoms with Crippen LogP contribution in [0, 0.1) is 12.3 Å². The Balaban J connectivity index is 2.64. The molecular weight excluding hydrogens is 376 g/mol. The maximum atomic E-state index is 13.6. The zero-order valence-corrected chi connectivity index (χ0v) is 15.9. The Kier molecular flexibility index (Phi) is 6.20. The van der Waals surface area contributed by atoms with Crippen molar-refractivity contribution in [2.24, 2.45) is 0 Å². The number of ether oxygens (including phenoxy) is 2. The van der Waals surface area contributed by atoms with Gasteiger partial charge in [-0.25, -0.2) is 13.9 Å². The lowest BCUT2D eigenvalue weighted by atomic mass is 9.95. The molecule has 1 saturated heterocycles. The molecule has 1 aliphatic rings. The fraction of sp³-hybridized carbons (Fsp3) is 0.471. The molecule has 1 fully saturated rings. The average Bonchev–Trinajstić information content (AvgIpc) is 2.66. The van der Waals surface area contributed by atoms with Crippen LogP contribution in [-0.2, 0) is 14.6 Å². The molecule has 0 spiro atoms. The number of benzene rings is 1. The van der Waals surface area contributed by atoms with Gasteiger partial charge in [0.2, 0.25) is 9.84 Å². The minimum atomic E-state index is -4.39. The van der Waals surface area contributed by atoms with Crippen molar-refractivity contribution >= 4 is 15.7 Å². The third-order valence-electron chi connectivity index (χ3n) is 4.72. The highest BCUT2D eigenvalue weighted by Crippen LogP contribution is 2.45. The number of methoxy groups -OCH3 is 2. The van der Waals surface area contributed by atoms with E-state index in [9.17, 15) is 23.5 Å². The highest BCUT2D eigenvalue weighted by molar-refractivity contribution is 7.93. The number of rotatable bonds is 6. The highest BCUT2D eigenvalue weighted by Gasteiger charge is 2.54. The van der Waals surface area contributed by atoms with Gasteiger partial charge < -0.3 is 14.6 Å². The molecule has 0 atom stereocenters. The molecule has 1 aromatic rings. The van der Waals surface area contributed by atoms with E-state index in [0.29, 0.717) is 6.54 Å². The largest absolute Gasteiger partial charge is 0.508 e. The summed E-state index contributed by atoms with van der Waals surface area (Å²) in [6.07, 6.45) is 5.12. The number of carbonyl (C=O) groups excluding carboxylic acids is 1. The number of piperidine rings is 1. The Bertz CT molecular complexity index is 828. The van der Waals surface area contributed by atoms with Gasteiger partial charge in [-0.15, -0.1) is 6.42 Å². The Morgan fingerprint density at radius 1 is 1.30 bits per heavy atom. The van der Waals surface area contributed by atoms with Gasteiger partial charge in [-0.1, -0.05) is 5.92 Å². The maximum absolute atomic E-state index is 13.6. The summed E-state index contributed by atoms with van der Waals surface area (Å²) in [5.74, 6) is 0.853. The fourth-order valence-electron chi connectivity index (χ4n) is 3.25. The van der Waals surface area contributed by atoms with E-state index in [1.807, 2.05) is 4.90 Å². The quantitative estimate of drug-likeness (QED) is 0.351. The molecule has 0 aliphatic carbocycles. The van der Waals surface area contributed by atoms with Gasteiger partial charge >= 0.3 is 0 Å². The van der Waals surface area contributed by atoms with Crippen molar-refractivity contribution in [2.45, 2.75) is 22.5 Å². The van der Waals surface area contributed by atoms with Gasteiger partial charge in [0.15, 0.2) is 9.64 Å². The molecule has 27 heavy (non-hydrogen) atoms. The summed E-state index contributed by atoms with van der Waals surface area (Å²) in [5, 5.41) is 19.0. The molecule has 1 aromatic carbocycles. The minimum Gasteiger partial charge on any atom is -0.508 e. The third kappa shape index (κ3) is 3.53. The van der Waals surface area contributed by atoms with Crippen LogP contribution in [0.1, 0.15) is 12.8 Å². The maximum Gasteiger partial charge on any atom is 0.265 e. The van der Waals surface area contributed by atoms with Gasteiger partial charge in [0.25, 0.3) is 5.91 Å². The average molecular weight is 398 g/mol. The SMILES string of the molecule is C#CCN1CCC(C(=O)NO)(S(=O)(=O)c2c(OC)cc(O)cc2OC)CC1. The number of nitrogens with one attached hydrogen (secondary N) is 1. The lowest BCUT2D eigenvalue weighted by Gasteiger charge is -2.39. The first kappa shape index (κ1) is 20.8. The van der Waals surface area contributed by atoms with Crippen LogP contribution in [-0.4, -0.2) is 68.1 Å². The highest BCUT2D eigenvalue weighted by atomic mass is 32.2. The fourth-order valence-corrected chi connectivity index (χ4v) is 5.46. The van der Waals surface area contributed by atoms with Gasteiger partial charge in [-0.3, -0.25) is 14.9 Å². The molecule has 2 rings (SSSR count). The molecule has 148 valence electrons. The molecular formula is C17H22N2O7S. The van der Waals surface area contributed by atoms with E-state index in [4.69, 9.17) is 15.9 Å². The molecule has 0 unspecified atom stereocenters. The molecule has 0 saturated carbocycles. The third-order valence-corrected chi connectivity index (χ3v) is 7.28. The first-order valence-corrected chi connectivity index (χ1v) is 9.55. The van der Waals surface area contributed by atoms with Gasteiger partial charge in [-0.05, 0) is 12.8 Å². The van der Waals surface area contributed by atoms with Gasteiger partial charge in [-0.2, -0.15) is 0 Å². The van der Waals surface area contributed by atoms with Crippen LogP contribution in [0.5, 0.6) is 17.2 Å². The first-order chi connectivity index (χ1) is 12.8. The summed E-state index contributed by atoms with van der Waals surface area (Å²) in [5.41, 5.74) is 1.48. The molecule has 10 heteroatoms. The topological polar surface area (TPSA) is 125 Å². The Morgan fingerprint density at radius 3 is 2.22 bits per heavy atom. The summed E-state index contributed by atoms with van der Waals surface area (Å²) in [4.78, 5) is 14.0. The summed E-state index contributed by atoms with van der Waals surface area (Å²) < 4.78 is 35.4. The van der Waals surface area contributed by atoms with Crippen LogP contribution >= 0.6 is 0 Å². The number of amides is 1. The summed E-state index contributed by atoms with van der Waals surface area (Å²) >= 11 is 0. The predicted molar refractivity (Wildman–Crippen MR) is 95.6 cm³/mol. The zero-order chi connectivity index (χ0) is 20.2. The number of nitrogens with zero attached hydrogens (tertiary/aromatic N) is 1. The number of sulfone groups is 1. The number of hydroxylamine groups is 1. The van der Waals surface area contributed by atoms with E-state index in [1.54, 1.807) is 0 Å². The van der Waals surface area contributed by atoms with Crippen molar-refractivity contribution in [1.82, 2.24) is 10.4 Å². The standard InChI is InChI=1S/C17H22N2O7S/c1-4-7-19-8-5-17(6-9-19,16(21)18-22)27(23,24)15-13(25-2)10-12(20)11-14(15)26-3/h1,10-11,20,22H,5-9H2,2-3H3,(H,18,21). The van der Waals surface area contributed by atoms with E-state index >= 15 is 0 Å². The number of terminal acetylenes is 1.